The van der Waals surface area contributed by atoms with Gasteiger partial charge in [0.05, 0.1) is 11.8 Å². The van der Waals surface area contributed by atoms with Crippen LogP contribution in [0.25, 0.3) is 0 Å². The molecule has 2 aromatic carbocycles. The van der Waals surface area contributed by atoms with Gasteiger partial charge in [0, 0.05) is 18.3 Å². The first-order valence-corrected chi connectivity index (χ1v) is 6.83. The number of aryl methyl sites for hydroxylation is 1. The van der Waals surface area contributed by atoms with Gasteiger partial charge in [-0.3, -0.25) is 0 Å². The van der Waals surface area contributed by atoms with Gasteiger partial charge in [-0.25, -0.2) is 4.39 Å². The van der Waals surface area contributed by atoms with Crippen molar-refractivity contribution in [2.24, 2.45) is 0 Å². The Morgan fingerprint density at radius 3 is 2.35 bits per heavy atom. The number of nitrogens with zero attached hydrogens (tertiary/aromatic N) is 1. The molecule has 2 rings (SSSR count). The standard InChI is InChI=1S/C17H20FNO/c1-4-13-8-10-14(11-9-13)19(3)17-15(12(2)20)6-5-7-16(17)18/h5-12,20H,4H2,1-3H3. The van der Waals surface area contributed by atoms with Crippen LogP contribution in [-0.2, 0) is 6.42 Å². The zero-order valence-electron chi connectivity index (χ0n) is 12.1. The number of aliphatic hydroxyl groups excluding tert-OH is 1. The molecule has 0 heterocycles. The number of halogens is 1. The second kappa shape index (κ2) is 6.06. The zero-order chi connectivity index (χ0) is 14.7. The fourth-order valence-corrected chi connectivity index (χ4v) is 2.31. The van der Waals surface area contributed by atoms with E-state index in [2.05, 4.69) is 6.92 Å². The molecule has 0 saturated carbocycles. The van der Waals surface area contributed by atoms with Crippen LogP contribution in [0.4, 0.5) is 15.8 Å². The lowest BCUT2D eigenvalue weighted by atomic mass is 10.1. The van der Waals surface area contributed by atoms with Crippen LogP contribution in [-0.4, -0.2) is 12.2 Å². The van der Waals surface area contributed by atoms with E-state index in [1.165, 1.54) is 11.6 Å². The van der Waals surface area contributed by atoms with E-state index in [4.69, 9.17) is 0 Å². The van der Waals surface area contributed by atoms with Crippen LogP contribution in [0.3, 0.4) is 0 Å². The summed E-state index contributed by atoms with van der Waals surface area (Å²) in [4.78, 5) is 1.77. The molecule has 1 unspecified atom stereocenters. The quantitative estimate of drug-likeness (QED) is 0.902. The highest BCUT2D eigenvalue weighted by atomic mass is 19.1. The Morgan fingerprint density at radius 2 is 1.80 bits per heavy atom. The van der Waals surface area contributed by atoms with Crippen LogP contribution in [0.5, 0.6) is 0 Å². The van der Waals surface area contributed by atoms with E-state index < -0.39 is 6.10 Å². The number of rotatable bonds is 4. The summed E-state index contributed by atoms with van der Waals surface area (Å²) >= 11 is 0. The van der Waals surface area contributed by atoms with E-state index in [1.54, 1.807) is 24.0 Å². The molecule has 106 valence electrons. The molecule has 0 radical (unpaired) electrons. The smallest absolute Gasteiger partial charge is 0.147 e. The molecule has 0 bridgehead atoms. The molecule has 1 N–H and O–H groups in total. The van der Waals surface area contributed by atoms with E-state index in [0.717, 1.165) is 12.1 Å². The molecule has 3 heteroatoms. The third-order valence-electron chi connectivity index (χ3n) is 3.54. The van der Waals surface area contributed by atoms with Crippen molar-refractivity contribution in [1.82, 2.24) is 0 Å². The van der Waals surface area contributed by atoms with Gasteiger partial charge in [0.15, 0.2) is 0 Å². The molecule has 20 heavy (non-hydrogen) atoms. The second-order valence-electron chi connectivity index (χ2n) is 4.93. The maximum atomic E-state index is 14.1. The topological polar surface area (TPSA) is 23.5 Å². The van der Waals surface area contributed by atoms with Gasteiger partial charge in [-0.05, 0) is 37.1 Å². The van der Waals surface area contributed by atoms with Crippen molar-refractivity contribution in [3.63, 3.8) is 0 Å². The summed E-state index contributed by atoms with van der Waals surface area (Å²) in [5.74, 6) is -0.328. The van der Waals surface area contributed by atoms with Crippen LogP contribution in [0.15, 0.2) is 42.5 Å². The van der Waals surface area contributed by atoms with Gasteiger partial charge < -0.3 is 10.0 Å². The van der Waals surface area contributed by atoms with E-state index >= 15 is 0 Å². The third kappa shape index (κ3) is 2.83. The fourth-order valence-electron chi connectivity index (χ4n) is 2.31. The van der Waals surface area contributed by atoms with Crippen molar-refractivity contribution in [1.29, 1.82) is 0 Å². The summed E-state index contributed by atoms with van der Waals surface area (Å²) in [6.45, 7) is 3.74. The SMILES string of the molecule is CCc1ccc(N(C)c2c(F)cccc2C(C)O)cc1. The summed E-state index contributed by atoms with van der Waals surface area (Å²) in [5, 5.41) is 9.81. The van der Waals surface area contributed by atoms with Crippen molar-refractivity contribution in [2.75, 3.05) is 11.9 Å². The summed E-state index contributed by atoms with van der Waals surface area (Å²) in [6, 6.07) is 12.8. The molecule has 0 aromatic heterocycles. The minimum absolute atomic E-state index is 0.328. The Kier molecular flexibility index (Phi) is 4.40. The van der Waals surface area contributed by atoms with Crippen molar-refractivity contribution in [3.8, 4) is 0 Å². The summed E-state index contributed by atoms with van der Waals surface area (Å²) < 4.78 is 14.1. The predicted molar refractivity (Wildman–Crippen MR) is 80.9 cm³/mol. The molecule has 0 aliphatic heterocycles. The van der Waals surface area contributed by atoms with Gasteiger partial charge in [-0.1, -0.05) is 31.2 Å². The van der Waals surface area contributed by atoms with Crippen molar-refractivity contribution in [3.05, 3.63) is 59.4 Å². The lowest BCUT2D eigenvalue weighted by molar-refractivity contribution is 0.199. The molecule has 0 aliphatic rings. The normalized spacial score (nSPS) is 12.2. The summed E-state index contributed by atoms with van der Waals surface area (Å²) in [6.07, 6.45) is 0.265. The Morgan fingerprint density at radius 1 is 1.15 bits per heavy atom. The number of aliphatic hydroxyl groups is 1. The van der Waals surface area contributed by atoms with E-state index in [0.29, 0.717) is 11.3 Å². The fraction of sp³-hybridized carbons (Fsp3) is 0.294. The molecule has 0 amide bonds. The third-order valence-corrected chi connectivity index (χ3v) is 3.54. The average Bonchev–Trinajstić information content (AvgIpc) is 2.46. The Labute approximate surface area is 119 Å². The van der Waals surface area contributed by atoms with Crippen molar-refractivity contribution in [2.45, 2.75) is 26.4 Å². The van der Waals surface area contributed by atoms with Crippen LogP contribution >= 0.6 is 0 Å². The lowest BCUT2D eigenvalue weighted by Crippen LogP contribution is -2.14. The molecular formula is C17H20FNO. The maximum absolute atomic E-state index is 14.1. The first-order chi connectivity index (χ1) is 9.54. The molecule has 0 aliphatic carbocycles. The predicted octanol–water partition coefficient (Wildman–Crippen LogP) is 4.21. The molecular weight excluding hydrogens is 253 g/mol. The van der Waals surface area contributed by atoms with Crippen LogP contribution < -0.4 is 4.90 Å². The largest absolute Gasteiger partial charge is 0.389 e. The van der Waals surface area contributed by atoms with Crippen molar-refractivity contribution < 1.29 is 9.50 Å². The highest BCUT2D eigenvalue weighted by Gasteiger charge is 2.17. The summed E-state index contributed by atoms with van der Waals surface area (Å²) in [7, 11) is 1.81. The van der Waals surface area contributed by atoms with Crippen LogP contribution in [0.2, 0.25) is 0 Å². The molecule has 0 saturated heterocycles. The van der Waals surface area contributed by atoms with Gasteiger partial charge in [0.1, 0.15) is 5.82 Å². The van der Waals surface area contributed by atoms with Gasteiger partial charge in [0.2, 0.25) is 0 Å². The number of anilines is 2. The van der Waals surface area contributed by atoms with Gasteiger partial charge in [-0.2, -0.15) is 0 Å². The highest BCUT2D eigenvalue weighted by molar-refractivity contribution is 5.67. The van der Waals surface area contributed by atoms with E-state index in [9.17, 15) is 9.50 Å². The average molecular weight is 273 g/mol. The molecule has 0 spiro atoms. The van der Waals surface area contributed by atoms with E-state index in [1.807, 2.05) is 31.3 Å². The minimum Gasteiger partial charge on any atom is -0.389 e. The molecule has 2 nitrogen and oxygen atoms in total. The first-order valence-electron chi connectivity index (χ1n) is 6.83. The minimum atomic E-state index is -0.710. The Hall–Kier alpha value is -1.87. The number of benzene rings is 2. The molecule has 0 fully saturated rings. The molecule has 2 aromatic rings. The number of para-hydroxylation sites is 1. The Balaban J connectivity index is 2.44. The lowest BCUT2D eigenvalue weighted by Gasteiger charge is -2.24. The summed E-state index contributed by atoms with van der Waals surface area (Å²) in [5.41, 5.74) is 3.15. The number of hydrogen-bond acceptors (Lipinski definition) is 2. The first kappa shape index (κ1) is 14.5. The maximum Gasteiger partial charge on any atom is 0.147 e. The van der Waals surface area contributed by atoms with E-state index in [-0.39, 0.29) is 5.82 Å². The zero-order valence-corrected chi connectivity index (χ0v) is 12.1. The van der Waals surface area contributed by atoms with Crippen molar-refractivity contribution >= 4 is 11.4 Å². The Bertz CT molecular complexity index is 578. The van der Waals surface area contributed by atoms with Crippen LogP contribution in [0, 0.1) is 5.82 Å². The van der Waals surface area contributed by atoms with Crippen LogP contribution in [0.1, 0.15) is 31.1 Å². The highest BCUT2D eigenvalue weighted by Crippen LogP contribution is 2.33. The second-order valence-corrected chi connectivity index (χ2v) is 4.93. The number of hydrogen-bond donors (Lipinski definition) is 1. The monoisotopic (exact) mass is 273 g/mol. The van der Waals surface area contributed by atoms with Gasteiger partial charge in [-0.15, -0.1) is 0 Å². The van der Waals surface area contributed by atoms with Gasteiger partial charge >= 0.3 is 0 Å². The van der Waals surface area contributed by atoms with Gasteiger partial charge in [0.25, 0.3) is 0 Å². The molecule has 1 atom stereocenters.